The summed E-state index contributed by atoms with van der Waals surface area (Å²) in [6, 6.07) is 1.90. The van der Waals surface area contributed by atoms with Gasteiger partial charge in [0.1, 0.15) is 12.7 Å². The number of nitrogens with one attached hydrogen (secondary N) is 1. The molecular formula is C20H33N4O5PS. The highest BCUT2D eigenvalue weighted by Gasteiger charge is 2.44. The molecule has 1 unspecified atom stereocenters. The number of nitrogens with zero attached hydrogens (tertiary/aromatic N) is 3. The van der Waals surface area contributed by atoms with Gasteiger partial charge in [-0.1, -0.05) is 18.3 Å². The molecule has 5 atom stereocenters. The average molecular weight is 473 g/mol. The molecule has 1 N–H and O–H groups in total. The van der Waals surface area contributed by atoms with Crippen LogP contribution in [0.2, 0.25) is 0 Å². The molecule has 0 spiro atoms. The van der Waals surface area contributed by atoms with E-state index in [2.05, 4.69) is 42.2 Å². The van der Waals surface area contributed by atoms with E-state index >= 15 is 0 Å². The lowest BCUT2D eigenvalue weighted by atomic mass is 10.0. The van der Waals surface area contributed by atoms with E-state index in [0.717, 1.165) is 0 Å². The maximum Gasteiger partial charge on any atom is 0.330 e. The quantitative estimate of drug-likeness (QED) is 0.301. The van der Waals surface area contributed by atoms with Crippen molar-refractivity contribution in [2.24, 2.45) is 5.92 Å². The van der Waals surface area contributed by atoms with Gasteiger partial charge in [-0.15, -0.1) is 0 Å². The van der Waals surface area contributed by atoms with Crippen molar-refractivity contribution in [1.29, 1.82) is 0 Å². The lowest BCUT2D eigenvalue weighted by molar-refractivity contribution is -0.0481. The van der Waals surface area contributed by atoms with Crippen LogP contribution in [-0.2, 0) is 14.0 Å². The number of hydrogen-bond acceptors (Lipinski definition) is 7. The Balaban J connectivity index is 2.16. The van der Waals surface area contributed by atoms with Gasteiger partial charge in [0.25, 0.3) is 5.56 Å². The van der Waals surface area contributed by atoms with Crippen molar-refractivity contribution in [1.82, 2.24) is 14.2 Å². The van der Waals surface area contributed by atoms with Crippen LogP contribution in [0.1, 0.15) is 40.8 Å². The van der Waals surface area contributed by atoms with Gasteiger partial charge >= 0.3 is 5.69 Å². The van der Waals surface area contributed by atoms with Crippen LogP contribution in [0.4, 0.5) is 0 Å². The van der Waals surface area contributed by atoms with Gasteiger partial charge in [0.15, 0.2) is 13.7 Å². The predicted octanol–water partition coefficient (Wildman–Crippen LogP) is 3.10. The monoisotopic (exact) mass is 472 g/mol. The summed E-state index contributed by atoms with van der Waals surface area (Å²) in [6.45, 7) is 18.4. The smallest absolute Gasteiger partial charge is 0.330 e. The minimum atomic E-state index is -0.978. The van der Waals surface area contributed by atoms with Crippen LogP contribution in [0, 0.1) is 12.5 Å². The molecule has 1 aromatic heterocycles. The maximum atomic E-state index is 12.3. The standard InChI is InChI=1S/C20H33N4O5PS/c1-13(2)24(14(3)4)30(28-11-9-21-6)31-12-16-15(5)18(27-7)19(29-16)23-10-8-17(25)22-20(23)26/h8,10,13-16,18-19H,9,11-12H2,1-5,7H3,(H,22,25,26)/t15-,16-,18-,19-,30?/m1/s1. The van der Waals surface area contributed by atoms with Gasteiger partial charge in [-0.2, -0.15) is 0 Å². The van der Waals surface area contributed by atoms with E-state index in [4.69, 9.17) is 20.6 Å². The van der Waals surface area contributed by atoms with Crippen molar-refractivity contribution in [2.45, 2.75) is 65.1 Å². The lowest BCUT2D eigenvalue weighted by Gasteiger charge is -2.36. The summed E-state index contributed by atoms with van der Waals surface area (Å²) < 4.78 is 21.7. The zero-order valence-corrected chi connectivity index (χ0v) is 20.7. The van der Waals surface area contributed by atoms with Gasteiger partial charge in [0, 0.05) is 43.1 Å². The Kier molecular flexibility index (Phi) is 10.2. The van der Waals surface area contributed by atoms with Gasteiger partial charge in [0.05, 0.1) is 6.10 Å². The molecule has 1 fully saturated rings. The molecule has 0 bridgehead atoms. The van der Waals surface area contributed by atoms with Crippen LogP contribution in [0.3, 0.4) is 0 Å². The number of ether oxygens (including phenoxy) is 2. The summed E-state index contributed by atoms with van der Waals surface area (Å²) >= 11 is 1.69. The summed E-state index contributed by atoms with van der Waals surface area (Å²) in [5.74, 6) is 0.697. The topological polar surface area (TPSA) is 90.2 Å². The molecule has 0 radical (unpaired) electrons. The second-order valence-corrected chi connectivity index (χ2v) is 11.5. The Morgan fingerprint density at radius 3 is 2.58 bits per heavy atom. The van der Waals surface area contributed by atoms with E-state index in [1.807, 2.05) is 6.92 Å². The molecule has 1 aliphatic heterocycles. The number of aromatic nitrogens is 2. The highest BCUT2D eigenvalue weighted by Crippen LogP contribution is 2.57. The van der Waals surface area contributed by atoms with Gasteiger partial charge in [-0.3, -0.25) is 14.3 Å². The third-order valence-electron chi connectivity index (χ3n) is 5.10. The molecule has 1 aliphatic rings. The SMILES string of the molecule is [C-]#[N+]CCOP(SC[C@H]1O[C@@H](n2ccc(=O)[nH]c2=O)[C@H](OC)[C@@H]1C)N(C(C)C)C(C)C. The zero-order valence-electron chi connectivity index (χ0n) is 19.0. The molecule has 11 heteroatoms. The maximum absolute atomic E-state index is 12.3. The first kappa shape index (κ1) is 26.0. The third kappa shape index (κ3) is 6.64. The fourth-order valence-corrected chi connectivity index (χ4v) is 8.46. The Morgan fingerprint density at radius 2 is 2.03 bits per heavy atom. The largest absolute Gasteiger partial charge is 0.376 e. The molecule has 2 heterocycles. The van der Waals surface area contributed by atoms with E-state index in [0.29, 0.717) is 31.0 Å². The van der Waals surface area contributed by atoms with Crippen LogP contribution >= 0.6 is 18.9 Å². The Bertz CT molecular complexity index is 847. The van der Waals surface area contributed by atoms with Crippen molar-refractivity contribution < 1.29 is 14.0 Å². The molecule has 31 heavy (non-hydrogen) atoms. The number of H-pyrrole nitrogens is 1. The van der Waals surface area contributed by atoms with E-state index in [1.165, 1.54) is 16.8 Å². The number of methoxy groups -OCH3 is 1. The molecule has 0 saturated carbocycles. The number of aromatic amines is 1. The van der Waals surface area contributed by atoms with Crippen molar-refractivity contribution in [3.05, 3.63) is 44.5 Å². The second kappa shape index (κ2) is 12.1. The van der Waals surface area contributed by atoms with Crippen LogP contribution in [-0.4, -0.2) is 64.5 Å². The summed E-state index contributed by atoms with van der Waals surface area (Å²) in [7, 11) is 0.623. The molecule has 1 aromatic rings. The first-order valence-corrected chi connectivity index (χ1v) is 13.2. The van der Waals surface area contributed by atoms with Crippen LogP contribution < -0.4 is 11.2 Å². The number of hydrogen-bond donors (Lipinski definition) is 1. The first-order chi connectivity index (χ1) is 14.7. The average Bonchev–Trinajstić information content (AvgIpc) is 3.00. The van der Waals surface area contributed by atoms with Crippen molar-refractivity contribution >= 4 is 18.9 Å². The Morgan fingerprint density at radius 1 is 1.35 bits per heavy atom. The highest BCUT2D eigenvalue weighted by molar-refractivity contribution is 8.53. The van der Waals surface area contributed by atoms with Crippen molar-refractivity contribution in [2.75, 3.05) is 26.0 Å². The summed E-state index contributed by atoms with van der Waals surface area (Å²) in [5.41, 5.74) is -0.964. The minimum absolute atomic E-state index is 0.0352. The molecule has 9 nitrogen and oxygen atoms in total. The van der Waals surface area contributed by atoms with E-state index in [9.17, 15) is 9.59 Å². The third-order valence-corrected chi connectivity index (χ3v) is 9.49. The fraction of sp³-hybridized carbons (Fsp3) is 0.750. The Hall–Kier alpha value is -1.21. The molecule has 0 amide bonds. The van der Waals surface area contributed by atoms with Crippen LogP contribution in [0.15, 0.2) is 21.9 Å². The Labute approximate surface area is 188 Å². The fourth-order valence-electron chi connectivity index (χ4n) is 3.67. The summed E-state index contributed by atoms with van der Waals surface area (Å²) in [4.78, 5) is 29.4. The van der Waals surface area contributed by atoms with Crippen molar-refractivity contribution in [3.8, 4) is 0 Å². The van der Waals surface area contributed by atoms with Gasteiger partial charge in [-0.05, 0) is 27.7 Å². The van der Waals surface area contributed by atoms with Crippen LogP contribution in [0.5, 0.6) is 0 Å². The van der Waals surface area contributed by atoms with Crippen molar-refractivity contribution in [3.63, 3.8) is 0 Å². The van der Waals surface area contributed by atoms with E-state index < -0.39 is 25.0 Å². The molecule has 0 aliphatic carbocycles. The summed E-state index contributed by atoms with van der Waals surface area (Å²) in [5, 5.41) is 0. The molecule has 0 aromatic carbocycles. The van der Waals surface area contributed by atoms with Crippen LogP contribution in [0.25, 0.3) is 4.85 Å². The lowest BCUT2D eigenvalue weighted by Crippen LogP contribution is -2.36. The molecule has 174 valence electrons. The second-order valence-electron chi connectivity index (χ2n) is 7.96. The number of rotatable bonds is 11. The predicted molar refractivity (Wildman–Crippen MR) is 124 cm³/mol. The minimum Gasteiger partial charge on any atom is -0.376 e. The molecular weight excluding hydrogens is 439 g/mol. The first-order valence-electron chi connectivity index (χ1n) is 10.4. The summed E-state index contributed by atoms with van der Waals surface area (Å²) in [6.07, 6.45) is 0.347. The highest BCUT2D eigenvalue weighted by atomic mass is 32.7. The molecule has 2 rings (SSSR count). The van der Waals surface area contributed by atoms with E-state index in [1.54, 1.807) is 18.5 Å². The van der Waals surface area contributed by atoms with Gasteiger partial charge in [0.2, 0.25) is 6.54 Å². The normalized spacial score (nSPS) is 24.8. The molecule has 1 saturated heterocycles. The van der Waals surface area contributed by atoms with Gasteiger partial charge < -0.3 is 18.8 Å². The van der Waals surface area contributed by atoms with E-state index in [-0.39, 0.29) is 18.1 Å². The zero-order chi connectivity index (χ0) is 23.1. The van der Waals surface area contributed by atoms with Gasteiger partial charge in [-0.25, -0.2) is 16.0 Å².